The van der Waals surface area contributed by atoms with Gasteiger partial charge in [0.15, 0.2) is 0 Å². The van der Waals surface area contributed by atoms with Gasteiger partial charge in [-0.05, 0) is 43.4 Å². The van der Waals surface area contributed by atoms with Crippen LogP contribution in [-0.4, -0.2) is 60.0 Å². The van der Waals surface area contributed by atoms with Crippen LogP contribution in [0, 0.1) is 0 Å². The molecule has 170 valence electrons. The molecule has 0 radical (unpaired) electrons. The first-order chi connectivity index (χ1) is 14.2. The molecular formula is C22H32ClN5O2S. The zero-order valence-electron chi connectivity index (χ0n) is 18.3. The molecule has 31 heavy (non-hydrogen) atoms. The van der Waals surface area contributed by atoms with E-state index in [1.165, 1.54) is 26.3 Å². The number of hydrogen-bond donors (Lipinski definition) is 2. The number of halogens is 1. The lowest BCUT2D eigenvalue weighted by atomic mass is 10.1. The van der Waals surface area contributed by atoms with E-state index >= 15 is 0 Å². The minimum atomic E-state index is 0. The van der Waals surface area contributed by atoms with Gasteiger partial charge in [-0.2, -0.15) is 5.10 Å². The number of nitrogens with one attached hydrogen (secondary N) is 1. The molecule has 3 aromatic rings. The number of methoxy groups -OCH3 is 1. The van der Waals surface area contributed by atoms with E-state index in [0.29, 0.717) is 6.54 Å². The average Bonchev–Trinajstić information content (AvgIpc) is 3.13. The highest BCUT2D eigenvalue weighted by Gasteiger charge is 2.26. The monoisotopic (exact) mass is 465 g/mol. The van der Waals surface area contributed by atoms with Crippen LogP contribution in [0.15, 0.2) is 40.1 Å². The van der Waals surface area contributed by atoms with Crippen LogP contribution in [0.2, 0.25) is 0 Å². The Balaban J connectivity index is 0.00000171. The van der Waals surface area contributed by atoms with Gasteiger partial charge in [0, 0.05) is 46.1 Å². The van der Waals surface area contributed by atoms with Crippen LogP contribution >= 0.6 is 24.2 Å². The van der Waals surface area contributed by atoms with Gasteiger partial charge in [0.25, 0.3) is 0 Å². The van der Waals surface area contributed by atoms with Crippen molar-refractivity contribution in [3.8, 4) is 17.0 Å². The van der Waals surface area contributed by atoms with Gasteiger partial charge in [-0.3, -0.25) is 4.68 Å². The first-order valence-electron chi connectivity index (χ1n) is 10.3. The maximum Gasteiger partial charge on any atom is 0.120 e. The summed E-state index contributed by atoms with van der Waals surface area (Å²) < 4.78 is 7.62. The van der Waals surface area contributed by atoms with Crippen molar-refractivity contribution in [2.24, 2.45) is 5.73 Å². The third kappa shape index (κ3) is 4.78. The summed E-state index contributed by atoms with van der Waals surface area (Å²) in [6, 6.07) is 10.6. The van der Waals surface area contributed by atoms with E-state index in [1.807, 2.05) is 6.07 Å². The summed E-state index contributed by atoms with van der Waals surface area (Å²) in [5.74, 6) is 0.865. The number of rotatable bonds is 9. The molecule has 1 aromatic heterocycles. The van der Waals surface area contributed by atoms with Crippen LogP contribution in [0.4, 0.5) is 5.69 Å². The Kier molecular flexibility index (Phi) is 9.02. The minimum Gasteiger partial charge on any atom is -0.497 e. The van der Waals surface area contributed by atoms with E-state index < -0.39 is 0 Å². The summed E-state index contributed by atoms with van der Waals surface area (Å²) in [6.07, 6.45) is 0. The lowest BCUT2D eigenvalue weighted by Crippen LogP contribution is -2.27. The molecule has 0 saturated carbocycles. The van der Waals surface area contributed by atoms with Crippen LogP contribution in [0.1, 0.15) is 13.8 Å². The molecule has 1 aliphatic rings. The van der Waals surface area contributed by atoms with Crippen LogP contribution in [-0.2, 0) is 6.54 Å². The Labute approximate surface area is 194 Å². The van der Waals surface area contributed by atoms with Gasteiger partial charge < -0.3 is 26.2 Å². The fraction of sp³-hybridized carbons (Fsp3) is 0.409. The summed E-state index contributed by atoms with van der Waals surface area (Å²) in [6.45, 7) is 9.74. The number of likely N-dealkylation sites (N-methyl/N-ethyl adjacent to an activating group) is 1. The topological polar surface area (TPSA) is 99.8 Å². The number of nitrogens with two attached hydrogens (primary N) is 1. The van der Waals surface area contributed by atoms with E-state index in [1.54, 1.807) is 18.9 Å². The van der Waals surface area contributed by atoms with Crippen molar-refractivity contribution in [3.05, 3.63) is 30.3 Å². The van der Waals surface area contributed by atoms with Crippen molar-refractivity contribution in [2.45, 2.75) is 30.2 Å². The molecule has 0 bridgehead atoms. The van der Waals surface area contributed by atoms with Crippen LogP contribution < -0.4 is 15.8 Å². The van der Waals surface area contributed by atoms with Crippen molar-refractivity contribution >= 4 is 40.8 Å². The highest BCUT2D eigenvalue weighted by Crippen LogP contribution is 2.51. The van der Waals surface area contributed by atoms with Gasteiger partial charge in [-0.1, -0.05) is 25.6 Å². The number of ether oxygens (including phenoxy) is 1. The smallest absolute Gasteiger partial charge is 0.120 e. The second kappa shape index (κ2) is 11.1. The number of benzene rings is 2. The minimum absolute atomic E-state index is 0. The molecule has 0 fully saturated rings. The summed E-state index contributed by atoms with van der Waals surface area (Å²) in [5, 5.41) is 9.77. The fourth-order valence-electron chi connectivity index (χ4n) is 3.85. The number of anilines is 1. The average molecular weight is 466 g/mol. The fourth-order valence-corrected chi connectivity index (χ4v) is 5.07. The molecule has 0 unspecified atom stereocenters. The Bertz CT molecular complexity index is 1020. The first-order valence-corrected chi connectivity index (χ1v) is 11.1. The van der Waals surface area contributed by atoms with Crippen molar-refractivity contribution in [1.29, 1.82) is 0 Å². The van der Waals surface area contributed by atoms with E-state index in [9.17, 15) is 0 Å². The third-order valence-corrected chi connectivity index (χ3v) is 6.70. The van der Waals surface area contributed by atoms with Crippen molar-refractivity contribution < 1.29 is 10.2 Å². The van der Waals surface area contributed by atoms with E-state index in [2.05, 4.69) is 53.0 Å². The summed E-state index contributed by atoms with van der Waals surface area (Å²) in [5.41, 5.74) is 10.3. The summed E-state index contributed by atoms with van der Waals surface area (Å²) in [4.78, 5) is 4.83. The SMILES string of the molecule is CCN(CC)CCn1nc2c3c(c(NCCN)ccc31)Sc1cc(OC)ccc1-2.Cl.O. The van der Waals surface area contributed by atoms with Gasteiger partial charge in [-0.25, -0.2) is 0 Å². The second-order valence-corrected chi connectivity index (χ2v) is 8.17. The lowest BCUT2D eigenvalue weighted by Gasteiger charge is -2.19. The predicted octanol–water partition coefficient (Wildman–Crippen LogP) is 3.49. The Morgan fingerprint density at radius 3 is 2.65 bits per heavy atom. The second-order valence-electron chi connectivity index (χ2n) is 7.11. The van der Waals surface area contributed by atoms with Crippen LogP contribution in [0.25, 0.3) is 22.2 Å². The largest absolute Gasteiger partial charge is 0.497 e. The Morgan fingerprint density at radius 2 is 1.97 bits per heavy atom. The number of nitrogens with zero attached hydrogens (tertiary/aromatic N) is 3. The van der Waals surface area contributed by atoms with Gasteiger partial charge in [-0.15, -0.1) is 12.4 Å². The summed E-state index contributed by atoms with van der Waals surface area (Å²) >= 11 is 1.78. The normalized spacial score (nSPS) is 11.6. The quantitative estimate of drug-likeness (QED) is 0.392. The maximum absolute atomic E-state index is 5.73. The van der Waals surface area contributed by atoms with Gasteiger partial charge in [0.05, 0.1) is 19.2 Å². The highest BCUT2D eigenvalue weighted by atomic mass is 35.5. The van der Waals surface area contributed by atoms with Gasteiger partial charge in [0.2, 0.25) is 0 Å². The highest BCUT2D eigenvalue weighted by molar-refractivity contribution is 8.00. The molecule has 0 atom stereocenters. The van der Waals surface area contributed by atoms with E-state index in [0.717, 1.165) is 49.9 Å². The van der Waals surface area contributed by atoms with Gasteiger partial charge >= 0.3 is 0 Å². The summed E-state index contributed by atoms with van der Waals surface area (Å²) in [7, 11) is 1.71. The lowest BCUT2D eigenvalue weighted by molar-refractivity contribution is 0.287. The molecule has 4 rings (SSSR count). The molecule has 2 heterocycles. The molecule has 0 spiro atoms. The molecule has 0 aliphatic carbocycles. The third-order valence-electron chi connectivity index (χ3n) is 5.51. The van der Waals surface area contributed by atoms with Crippen molar-refractivity contribution in [2.75, 3.05) is 45.2 Å². The zero-order valence-corrected chi connectivity index (χ0v) is 19.9. The molecule has 9 heteroatoms. The zero-order chi connectivity index (χ0) is 20.4. The standard InChI is InChI=1S/C22H29N5OS.ClH.H2O/c1-4-26(5-2)12-13-27-18-9-8-17(24-11-10-23)22-20(18)21(25-27)16-7-6-15(28-3)14-19(16)29-22;;/h6-9,14,24H,4-5,10-13,23H2,1-3H3;1H;1H2. The molecule has 0 amide bonds. The Morgan fingerprint density at radius 1 is 1.19 bits per heavy atom. The molecule has 0 saturated heterocycles. The Hall–Kier alpha value is -1.97. The molecule has 5 N–H and O–H groups in total. The molecule has 1 aliphatic heterocycles. The van der Waals surface area contributed by atoms with Crippen molar-refractivity contribution in [1.82, 2.24) is 14.7 Å². The number of hydrogen-bond acceptors (Lipinski definition) is 6. The van der Waals surface area contributed by atoms with E-state index in [-0.39, 0.29) is 17.9 Å². The van der Waals surface area contributed by atoms with Gasteiger partial charge in [0.1, 0.15) is 11.4 Å². The molecular weight excluding hydrogens is 434 g/mol. The molecule has 2 aromatic carbocycles. The molecule has 7 nitrogen and oxygen atoms in total. The van der Waals surface area contributed by atoms with E-state index in [4.69, 9.17) is 15.6 Å². The maximum atomic E-state index is 5.73. The van der Waals surface area contributed by atoms with Crippen LogP contribution in [0.5, 0.6) is 5.75 Å². The number of aromatic nitrogens is 2. The first kappa shape index (κ1) is 25.3. The van der Waals surface area contributed by atoms with Crippen LogP contribution in [0.3, 0.4) is 0 Å². The van der Waals surface area contributed by atoms with Crippen molar-refractivity contribution in [3.63, 3.8) is 0 Å². The number of fused-ring (bicyclic) bond motifs is 2. The predicted molar refractivity (Wildman–Crippen MR) is 132 cm³/mol.